The van der Waals surface area contributed by atoms with Crippen molar-refractivity contribution in [1.29, 1.82) is 0 Å². The number of rotatable bonds is 4. The standard InChI is InChI=1S/C17H22F2N2O3S/c1-2-25(23,24)21-10-8-17(12-21)7-4-9-20(16(17)22)11-13-5-3-6-14(18)15(13)19/h3,5-6H,2,4,7-12H2,1H3. The smallest absolute Gasteiger partial charge is 0.230 e. The molecular weight excluding hydrogens is 350 g/mol. The van der Waals surface area contributed by atoms with Gasteiger partial charge in [0.2, 0.25) is 15.9 Å². The van der Waals surface area contributed by atoms with Gasteiger partial charge in [0.25, 0.3) is 0 Å². The van der Waals surface area contributed by atoms with E-state index < -0.39 is 27.1 Å². The summed E-state index contributed by atoms with van der Waals surface area (Å²) in [5, 5.41) is 0. The lowest BCUT2D eigenvalue weighted by atomic mass is 9.78. The van der Waals surface area contributed by atoms with Crippen molar-refractivity contribution >= 4 is 15.9 Å². The van der Waals surface area contributed by atoms with Gasteiger partial charge in [0.1, 0.15) is 0 Å². The van der Waals surface area contributed by atoms with E-state index >= 15 is 0 Å². The summed E-state index contributed by atoms with van der Waals surface area (Å²) in [5.74, 6) is -2.01. The highest BCUT2D eigenvalue weighted by atomic mass is 32.2. The van der Waals surface area contributed by atoms with E-state index in [1.807, 2.05) is 0 Å². The highest BCUT2D eigenvalue weighted by molar-refractivity contribution is 7.89. The van der Waals surface area contributed by atoms with E-state index in [2.05, 4.69) is 0 Å². The minimum atomic E-state index is -3.33. The fourth-order valence-corrected chi connectivity index (χ4v) is 4.99. The van der Waals surface area contributed by atoms with Crippen LogP contribution >= 0.6 is 0 Å². The van der Waals surface area contributed by atoms with Crippen LogP contribution in [0.25, 0.3) is 0 Å². The predicted molar refractivity (Wildman–Crippen MR) is 89.1 cm³/mol. The van der Waals surface area contributed by atoms with E-state index in [1.54, 1.807) is 6.92 Å². The maximum atomic E-state index is 13.9. The molecule has 0 saturated carbocycles. The Kier molecular flexibility index (Phi) is 4.85. The lowest BCUT2D eigenvalue weighted by Gasteiger charge is -2.39. The largest absolute Gasteiger partial charge is 0.338 e. The monoisotopic (exact) mass is 372 g/mol. The molecule has 0 radical (unpaired) electrons. The van der Waals surface area contributed by atoms with E-state index in [-0.39, 0.29) is 30.3 Å². The average Bonchev–Trinajstić information content (AvgIpc) is 3.02. The Labute approximate surface area is 146 Å². The Morgan fingerprint density at radius 1 is 1.20 bits per heavy atom. The lowest BCUT2D eigenvalue weighted by Crippen LogP contribution is -2.50. The molecule has 2 heterocycles. The SMILES string of the molecule is CCS(=O)(=O)N1CCC2(CCCN(Cc3cccc(F)c3F)C2=O)C1. The van der Waals surface area contributed by atoms with Crippen LogP contribution in [0.2, 0.25) is 0 Å². The highest BCUT2D eigenvalue weighted by Crippen LogP contribution is 2.41. The van der Waals surface area contributed by atoms with Gasteiger partial charge in [-0.2, -0.15) is 0 Å². The first-order valence-electron chi connectivity index (χ1n) is 8.49. The van der Waals surface area contributed by atoms with Crippen molar-refractivity contribution in [2.24, 2.45) is 5.41 Å². The van der Waals surface area contributed by atoms with Crippen molar-refractivity contribution in [1.82, 2.24) is 9.21 Å². The number of amides is 1. The van der Waals surface area contributed by atoms with Crippen LogP contribution in [0.3, 0.4) is 0 Å². The molecule has 1 amide bonds. The third-order valence-corrected chi connectivity index (χ3v) is 7.12. The van der Waals surface area contributed by atoms with E-state index in [0.29, 0.717) is 25.9 Å². The zero-order chi connectivity index (χ0) is 18.2. The summed E-state index contributed by atoms with van der Waals surface area (Å²) in [6, 6.07) is 3.93. The molecule has 2 aliphatic rings. The second kappa shape index (κ2) is 6.64. The second-order valence-electron chi connectivity index (χ2n) is 6.81. The van der Waals surface area contributed by atoms with Crippen LogP contribution in [-0.4, -0.2) is 48.9 Å². The Morgan fingerprint density at radius 2 is 1.96 bits per heavy atom. The van der Waals surface area contributed by atoms with Gasteiger partial charge >= 0.3 is 0 Å². The molecule has 138 valence electrons. The lowest BCUT2D eigenvalue weighted by molar-refractivity contribution is -0.146. The van der Waals surface area contributed by atoms with Crippen molar-refractivity contribution in [2.45, 2.75) is 32.7 Å². The highest BCUT2D eigenvalue weighted by Gasteiger charge is 2.50. The fourth-order valence-electron chi connectivity index (χ4n) is 3.81. The van der Waals surface area contributed by atoms with Gasteiger partial charge in [0.05, 0.1) is 11.2 Å². The van der Waals surface area contributed by atoms with Gasteiger partial charge in [0.15, 0.2) is 11.6 Å². The number of carbonyl (C=O) groups excluding carboxylic acids is 1. The van der Waals surface area contributed by atoms with Crippen LogP contribution in [0.15, 0.2) is 18.2 Å². The number of carbonyl (C=O) groups is 1. The van der Waals surface area contributed by atoms with Crippen molar-refractivity contribution < 1.29 is 22.0 Å². The zero-order valence-corrected chi connectivity index (χ0v) is 15.0. The maximum Gasteiger partial charge on any atom is 0.230 e. The normalized spacial score (nSPS) is 25.1. The Hall–Kier alpha value is -1.54. The number of benzene rings is 1. The van der Waals surface area contributed by atoms with Gasteiger partial charge in [-0.05, 0) is 32.3 Å². The van der Waals surface area contributed by atoms with E-state index in [0.717, 1.165) is 12.5 Å². The van der Waals surface area contributed by atoms with E-state index in [1.165, 1.54) is 21.3 Å². The van der Waals surface area contributed by atoms with Crippen LogP contribution < -0.4 is 0 Å². The molecule has 1 spiro atoms. The van der Waals surface area contributed by atoms with E-state index in [9.17, 15) is 22.0 Å². The van der Waals surface area contributed by atoms with Gasteiger partial charge in [-0.3, -0.25) is 4.79 Å². The van der Waals surface area contributed by atoms with Gasteiger partial charge in [0, 0.05) is 31.7 Å². The number of likely N-dealkylation sites (tertiary alicyclic amines) is 1. The molecule has 2 fully saturated rings. The first-order valence-corrected chi connectivity index (χ1v) is 10.1. The van der Waals surface area contributed by atoms with Gasteiger partial charge in [-0.25, -0.2) is 21.5 Å². The molecule has 1 unspecified atom stereocenters. The second-order valence-corrected chi connectivity index (χ2v) is 9.07. The summed E-state index contributed by atoms with van der Waals surface area (Å²) >= 11 is 0. The molecule has 0 aromatic heterocycles. The number of piperidine rings is 1. The number of hydrogen-bond donors (Lipinski definition) is 0. The summed E-state index contributed by atoms with van der Waals surface area (Å²) in [6.07, 6.45) is 1.83. The molecule has 1 aromatic carbocycles. The summed E-state index contributed by atoms with van der Waals surface area (Å²) in [6.45, 7) is 2.58. The topological polar surface area (TPSA) is 57.7 Å². The minimum Gasteiger partial charge on any atom is -0.338 e. The Balaban J connectivity index is 1.79. The quantitative estimate of drug-likeness (QED) is 0.814. The van der Waals surface area contributed by atoms with Gasteiger partial charge in [-0.15, -0.1) is 0 Å². The summed E-state index contributed by atoms with van der Waals surface area (Å²) < 4.78 is 52.9. The summed E-state index contributed by atoms with van der Waals surface area (Å²) in [5.41, 5.74) is -0.592. The molecular formula is C17H22F2N2O3S. The molecule has 0 bridgehead atoms. The maximum absolute atomic E-state index is 13.9. The summed E-state index contributed by atoms with van der Waals surface area (Å²) in [4.78, 5) is 14.5. The van der Waals surface area contributed by atoms with Crippen LogP contribution in [0.5, 0.6) is 0 Å². The van der Waals surface area contributed by atoms with Crippen molar-refractivity contribution in [3.8, 4) is 0 Å². The number of hydrogen-bond acceptors (Lipinski definition) is 3. The van der Waals surface area contributed by atoms with Crippen LogP contribution in [0.1, 0.15) is 31.7 Å². The molecule has 3 rings (SSSR count). The molecule has 8 heteroatoms. The van der Waals surface area contributed by atoms with Crippen LogP contribution in [-0.2, 0) is 21.4 Å². The first kappa shape index (κ1) is 18.3. The zero-order valence-electron chi connectivity index (χ0n) is 14.2. The van der Waals surface area contributed by atoms with E-state index in [4.69, 9.17) is 0 Å². The average molecular weight is 372 g/mol. The molecule has 0 aliphatic carbocycles. The van der Waals surface area contributed by atoms with Crippen molar-refractivity contribution in [3.63, 3.8) is 0 Å². The van der Waals surface area contributed by atoms with Gasteiger partial charge < -0.3 is 4.90 Å². The van der Waals surface area contributed by atoms with Crippen LogP contribution in [0.4, 0.5) is 8.78 Å². The molecule has 1 aromatic rings. The number of nitrogens with zero attached hydrogens (tertiary/aromatic N) is 2. The fraction of sp³-hybridized carbons (Fsp3) is 0.588. The van der Waals surface area contributed by atoms with Crippen LogP contribution in [0, 0.1) is 17.0 Å². The predicted octanol–water partition coefficient (Wildman–Crippen LogP) is 2.13. The molecule has 25 heavy (non-hydrogen) atoms. The molecule has 2 saturated heterocycles. The van der Waals surface area contributed by atoms with Crippen molar-refractivity contribution in [3.05, 3.63) is 35.4 Å². The third kappa shape index (κ3) is 3.29. The Morgan fingerprint density at radius 3 is 2.68 bits per heavy atom. The minimum absolute atomic E-state index is 0.00467. The third-order valence-electron chi connectivity index (χ3n) is 5.29. The molecule has 5 nitrogen and oxygen atoms in total. The number of halogens is 2. The Bertz CT molecular complexity index is 784. The summed E-state index contributed by atoms with van der Waals surface area (Å²) in [7, 11) is -3.33. The molecule has 2 aliphatic heterocycles. The number of sulfonamides is 1. The van der Waals surface area contributed by atoms with Gasteiger partial charge in [-0.1, -0.05) is 12.1 Å². The van der Waals surface area contributed by atoms with Crippen molar-refractivity contribution in [2.75, 3.05) is 25.4 Å². The molecule has 1 atom stereocenters. The molecule has 0 N–H and O–H groups in total. The first-order chi connectivity index (χ1) is 11.8.